The van der Waals surface area contributed by atoms with Crippen molar-refractivity contribution in [2.24, 2.45) is 0 Å². The molecule has 0 spiro atoms. The van der Waals surface area contributed by atoms with Gasteiger partial charge >= 0.3 is 5.97 Å². The summed E-state index contributed by atoms with van der Waals surface area (Å²) in [6.07, 6.45) is -0.722. The van der Waals surface area contributed by atoms with Gasteiger partial charge in [-0.15, -0.1) is 0 Å². The van der Waals surface area contributed by atoms with Gasteiger partial charge in [0.05, 0.1) is 0 Å². The van der Waals surface area contributed by atoms with Crippen molar-refractivity contribution in [2.45, 2.75) is 6.41 Å². The molecule has 0 saturated heterocycles. The van der Waals surface area contributed by atoms with E-state index in [1.165, 1.54) is 0 Å². The van der Waals surface area contributed by atoms with Crippen LogP contribution in [0.25, 0.3) is 0 Å². The summed E-state index contributed by atoms with van der Waals surface area (Å²) in [5.74, 6) is -2.17. The number of carbonyl (C=O) groups excluding carboxylic acids is 1. The Bertz CT molecular complexity index is 185. The summed E-state index contributed by atoms with van der Waals surface area (Å²) < 4.78 is 0. The summed E-state index contributed by atoms with van der Waals surface area (Å²) in [5.41, 5.74) is 0. The van der Waals surface area contributed by atoms with Gasteiger partial charge in [-0.3, -0.25) is 4.79 Å². The normalized spacial score (nSPS) is 10.5. The Morgan fingerprint density at radius 1 is 1.27 bits per heavy atom. The van der Waals surface area contributed by atoms with Crippen molar-refractivity contribution in [3.63, 3.8) is 0 Å². The molecule has 0 aromatic rings. The van der Waals surface area contributed by atoms with Crippen molar-refractivity contribution in [1.29, 1.82) is 0 Å². The minimum Gasteiger partial charge on any atom is -0.478 e. The molecule has 62 valence electrons. The molecule has 0 radical (unpaired) electrons. The molecular formula is C5H7NO5. The van der Waals surface area contributed by atoms with Crippen LogP contribution in [0.15, 0.2) is 12.2 Å². The number of nitrogens with one attached hydrogen (secondary N) is 1. The number of amides is 1. The standard InChI is InChI=1S/C5H7NO5/c7-3(6-5(10)11)1-2-4(8)9/h1-2,5,10-11H,(H,6,7)(H,8,9). The van der Waals surface area contributed by atoms with E-state index in [1.54, 1.807) is 5.32 Å². The molecule has 0 aliphatic heterocycles. The highest BCUT2D eigenvalue weighted by molar-refractivity contribution is 5.93. The van der Waals surface area contributed by atoms with E-state index in [0.29, 0.717) is 12.2 Å². The van der Waals surface area contributed by atoms with E-state index in [2.05, 4.69) is 0 Å². The first kappa shape index (κ1) is 9.60. The molecule has 11 heavy (non-hydrogen) atoms. The van der Waals surface area contributed by atoms with Gasteiger partial charge in [0.1, 0.15) is 0 Å². The molecule has 0 heterocycles. The highest BCUT2D eigenvalue weighted by atomic mass is 16.5. The van der Waals surface area contributed by atoms with Crippen LogP contribution < -0.4 is 5.32 Å². The molecule has 0 aliphatic carbocycles. The summed E-state index contributed by atoms with van der Waals surface area (Å²) in [6.45, 7) is 0. The van der Waals surface area contributed by atoms with E-state index >= 15 is 0 Å². The number of hydrogen-bond donors (Lipinski definition) is 4. The topological polar surface area (TPSA) is 107 Å². The van der Waals surface area contributed by atoms with Gasteiger partial charge in [0.25, 0.3) is 0 Å². The van der Waals surface area contributed by atoms with Gasteiger partial charge in [-0.05, 0) is 0 Å². The third-order valence-corrected chi connectivity index (χ3v) is 0.649. The summed E-state index contributed by atoms with van der Waals surface area (Å²) in [7, 11) is 0. The Balaban J connectivity index is 3.78. The highest BCUT2D eigenvalue weighted by Crippen LogP contribution is 1.75. The first-order chi connectivity index (χ1) is 5.02. The maximum atomic E-state index is 10.4. The lowest BCUT2D eigenvalue weighted by Crippen LogP contribution is -2.32. The smallest absolute Gasteiger partial charge is 0.328 e. The quantitative estimate of drug-likeness (QED) is 0.283. The molecule has 0 fully saturated rings. The predicted octanol–water partition coefficient (Wildman–Crippen LogP) is -1.99. The van der Waals surface area contributed by atoms with Gasteiger partial charge in [-0.1, -0.05) is 0 Å². The van der Waals surface area contributed by atoms with Crippen LogP contribution in [0.2, 0.25) is 0 Å². The van der Waals surface area contributed by atoms with Gasteiger partial charge < -0.3 is 20.6 Å². The molecular weight excluding hydrogens is 154 g/mol. The molecule has 1 amide bonds. The van der Waals surface area contributed by atoms with Crippen LogP contribution in [0.3, 0.4) is 0 Å². The van der Waals surface area contributed by atoms with Gasteiger partial charge in [0.2, 0.25) is 12.3 Å². The van der Waals surface area contributed by atoms with Gasteiger partial charge in [-0.2, -0.15) is 0 Å². The number of carboxylic acids is 1. The summed E-state index contributed by atoms with van der Waals surface area (Å²) in [4.78, 5) is 20.2. The van der Waals surface area contributed by atoms with Crippen LogP contribution in [-0.4, -0.2) is 33.6 Å². The molecule has 0 saturated carbocycles. The van der Waals surface area contributed by atoms with Crippen LogP contribution in [0, 0.1) is 0 Å². The van der Waals surface area contributed by atoms with E-state index in [9.17, 15) is 9.59 Å². The number of aliphatic carboxylic acids is 1. The molecule has 4 N–H and O–H groups in total. The fraction of sp³-hybridized carbons (Fsp3) is 0.200. The van der Waals surface area contributed by atoms with Crippen molar-refractivity contribution >= 4 is 11.9 Å². The van der Waals surface area contributed by atoms with Crippen molar-refractivity contribution in [3.8, 4) is 0 Å². The lowest BCUT2D eigenvalue weighted by molar-refractivity contribution is -0.133. The molecule has 0 unspecified atom stereocenters. The maximum absolute atomic E-state index is 10.4. The first-order valence-electron chi connectivity index (χ1n) is 2.60. The monoisotopic (exact) mass is 161 g/mol. The van der Waals surface area contributed by atoms with Gasteiger partial charge in [-0.25, -0.2) is 4.79 Å². The Labute approximate surface area is 61.8 Å². The predicted molar refractivity (Wildman–Crippen MR) is 33.1 cm³/mol. The molecule has 0 aliphatic rings. The molecule has 0 bridgehead atoms. The molecule has 0 aromatic carbocycles. The molecule has 0 rings (SSSR count). The number of aliphatic hydroxyl groups is 2. The summed E-state index contributed by atoms with van der Waals surface area (Å²) in [6, 6.07) is 0. The van der Waals surface area contributed by atoms with Crippen LogP contribution in [0.4, 0.5) is 0 Å². The summed E-state index contributed by atoms with van der Waals surface area (Å²) in [5, 5.41) is 25.9. The SMILES string of the molecule is O=C(O)C=CC(=O)NC(O)O. The zero-order valence-corrected chi connectivity index (χ0v) is 5.39. The number of carboxylic acid groups (broad SMARTS) is 1. The Hall–Kier alpha value is -1.40. The average molecular weight is 161 g/mol. The average Bonchev–Trinajstić information content (AvgIpc) is 1.82. The van der Waals surface area contributed by atoms with Crippen molar-refractivity contribution < 1.29 is 24.9 Å². The fourth-order valence-electron chi connectivity index (χ4n) is 0.322. The zero-order valence-electron chi connectivity index (χ0n) is 5.39. The third-order valence-electron chi connectivity index (χ3n) is 0.649. The second-order valence-electron chi connectivity index (χ2n) is 1.55. The zero-order chi connectivity index (χ0) is 8.85. The van der Waals surface area contributed by atoms with E-state index in [4.69, 9.17) is 15.3 Å². The number of hydrogen-bond acceptors (Lipinski definition) is 4. The number of rotatable bonds is 3. The lowest BCUT2D eigenvalue weighted by atomic mass is 10.5. The molecule has 6 heteroatoms. The van der Waals surface area contributed by atoms with E-state index in [-0.39, 0.29) is 0 Å². The highest BCUT2D eigenvalue weighted by Gasteiger charge is 2.00. The van der Waals surface area contributed by atoms with Crippen molar-refractivity contribution in [3.05, 3.63) is 12.2 Å². The fourth-order valence-corrected chi connectivity index (χ4v) is 0.322. The molecule has 6 nitrogen and oxygen atoms in total. The van der Waals surface area contributed by atoms with Crippen LogP contribution in [0.1, 0.15) is 0 Å². The minimum atomic E-state index is -1.97. The first-order valence-corrected chi connectivity index (χ1v) is 2.60. The number of carbonyl (C=O) groups is 2. The molecule has 0 aromatic heterocycles. The van der Waals surface area contributed by atoms with Gasteiger partial charge in [0.15, 0.2) is 0 Å². The Morgan fingerprint density at radius 2 is 1.82 bits per heavy atom. The van der Waals surface area contributed by atoms with Crippen molar-refractivity contribution in [2.75, 3.05) is 0 Å². The van der Waals surface area contributed by atoms with Crippen LogP contribution in [-0.2, 0) is 9.59 Å². The van der Waals surface area contributed by atoms with Crippen LogP contribution in [0.5, 0.6) is 0 Å². The van der Waals surface area contributed by atoms with Gasteiger partial charge in [0, 0.05) is 12.2 Å². The van der Waals surface area contributed by atoms with E-state index in [1.807, 2.05) is 0 Å². The summed E-state index contributed by atoms with van der Waals surface area (Å²) >= 11 is 0. The van der Waals surface area contributed by atoms with Crippen molar-refractivity contribution in [1.82, 2.24) is 5.32 Å². The number of aliphatic hydroxyl groups excluding tert-OH is 1. The largest absolute Gasteiger partial charge is 0.478 e. The Kier molecular flexibility index (Phi) is 3.86. The van der Waals surface area contributed by atoms with E-state index < -0.39 is 18.3 Å². The minimum absolute atomic E-state index is 0.581. The second-order valence-corrected chi connectivity index (χ2v) is 1.55. The van der Waals surface area contributed by atoms with Crippen LogP contribution >= 0.6 is 0 Å². The van der Waals surface area contributed by atoms with E-state index in [0.717, 1.165) is 0 Å². The third kappa shape index (κ3) is 6.49. The lowest BCUT2D eigenvalue weighted by Gasteiger charge is -2.01. The Morgan fingerprint density at radius 3 is 2.18 bits per heavy atom. The molecule has 0 atom stereocenters. The maximum Gasteiger partial charge on any atom is 0.328 e. The second kappa shape index (κ2) is 4.42.